The molecule has 2 nitrogen and oxygen atoms in total. The number of hydrogen-bond donors (Lipinski definition) is 0. The lowest BCUT2D eigenvalue weighted by Crippen LogP contribution is -2.23. The van der Waals surface area contributed by atoms with Crippen molar-refractivity contribution >= 4 is 28.8 Å². The second kappa shape index (κ2) is 17.8. The lowest BCUT2D eigenvalue weighted by molar-refractivity contribution is -0.441. The van der Waals surface area contributed by atoms with Gasteiger partial charge in [-0.3, -0.25) is 0 Å². The van der Waals surface area contributed by atoms with Gasteiger partial charge in [0.2, 0.25) is 5.69 Å². The predicted octanol–water partition coefficient (Wildman–Crippen LogP) is 12.1. The monoisotopic (exact) mass is 617 g/mol. The van der Waals surface area contributed by atoms with Crippen molar-refractivity contribution in [3.05, 3.63) is 136 Å². The highest BCUT2D eigenvalue weighted by atomic mass is 32.2. The van der Waals surface area contributed by atoms with Gasteiger partial charge in [0.15, 0.2) is 5.71 Å². The highest BCUT2D eigenvalue weighted by Gasteiger charge is 2.19. The minimum Gasteiger partial charge on any atom is -0.345 e. The van der Waals surface area contributed by atoms with Crippen LogP contribution >= 0.6 is 11.8 Å². The number of nitrogens with zero attached hydrogens (tertiary/aromatic N) is 2. The Morgan fingerprint density at radius 1 is 0.822 bits per heavy atom. The molecule has 0 amide bonds. The molecule has 0 atom stereocenters. The van der Waals surface area contributed by atoms with E-state index in [0.717, 1.165) is 25.9 Å². The molecule has 0 unspecified atom stereocenters. The minimum atomic E-state index is 1.03. The molecular weight excluding hydrogens is 565 g/mol. The molecule has 3 heteroatoms. The highest BCUT2D eigenvalue weighted by molar-refractivity contribution is 8.03. The molecule has 236 valence electrons. The van der Waals surface area contributed by atoms with Gasteiger partial charge < -0.3 is 4.90 Å². The second-order valence-corrected chi connectivity index (χ2v) is 13.3. The Kier molecular flexibility index (Phi) is 13.6. The Hall–Kier alpha value is -3.56. The number of para-hydroxylation sites is 2. The summed E-state index contributed by atoms with van der Waals surface area (Å²) in [5.41, 5.74) is 10.7. The van der Waals surface area contributed by atoms with Crippen molar-refractivity contribution in [2.75, 3.05) is 18.0 Å². The van der Waals surface area contributed by atoms with E-state index in [0.29, 0.717) is 0 Å². The zero-order valence-corrected chi connectivity index (χ0v) is 29.3. The maximum atomic E-state index is 2.50. The fourth-order valence-corrected chi connectivity index (χ4v) is 7.05. The van der Waals surface area contributed by atoms with Crippen LogP contribution in [0.1, 0.15) is 83.8 Å². The molecule has 0 saturated heterocycles. The summed E-state index contributed by atoms with van der Waals surface area (Å²) in [6, 6.07) is 28.4. The summed E-state index contributed by atoms with van der Waals surface area (Å²) in [5.74, 6) is 0. The SMILES string of the molecule is CCCCN(/C(C)=C/C=C1\CCCC(/C=C/C(C)=[N+](\CCCC)c2ccccc2C)=C1Sc1ccccc1)c1ccccc1C. The van der Waals surface area contributed by atoms with E-state index in [9.17, 15) is 0 Å². The van der Waals surface area contributed by atoms with Crippen LogP contribution in [-0.2, 0) is 0 Å². The second-order valence-electron chi connectivity index (χ2n) is 12.2. The Morgan fingerprint density at radius 3 is 2.22 bits per heavy atom. The van der Waals surface area contributed by atoms with Crippen LogP contribution < -0.4 is 4.90 Å². The first-order valence-corrected chi connectivity index (χ1v) is 17.8. The van der Waals surface area contributed by atoms with Crippen LogP contribution in [0.2, 0.25) is 0 Å². The van der Waals surface area contributed by atoms with Gasteiger partial charge in [0.25, 0.3) is 0 Å². The first-order chi connectivity index (χ1) is 21.9. The average Bonchev–Trinajstić information content (AvgIpc) is 3.05. The third-order valence-corrected chi connectivity index (χ3v) is 9.86. The fraction of sp³-hybridized carbons (Fsp3) is 0.357. The van der Waals surface area contributed by atoms with Gasteiger partial charge in [-0.05, 0) is 87.4 Å². The van der Waals surface area contributed by atoms with Crippen LogP contribution in [0.3, 0.4) is 0 Å². The van der Waals surface area contributed by atoms with Gasteiger partial charge in [-0.2, -0.15) is 4.58 Å². The van der Waals surface area contributed by atoms with Crippen LogP contribution in [0.25, 0.3) is 0 Å². The molecule has 4 rings (SSSR count). The van der Waals surface area contributed by atoms with Crippen LogP contribution in [-0.4, -0.2) is 23.4 Å². The molecule has 1 aliphatic rings. The van der Waals surface area contributed by atoms with E-state index < -0.39 is 0 Å². The zero-order valence-electron chi connectivity index (χ0n) is 28.5. The summed E-state index contributed by atoms with van der Waals surface area (Å²) in [5, 5.41) is 0. The Bertz CT molecular complexity index is 1550. The molecule has 0 aromatic heterocycles. The summed E-state index contributed by atoms with van der Waals surface area (Å²) in [7, 11) is 0. The van der Waals surface area contributed by atoms with Gasteiger partial charge in [-0.25, -0.2) is 0 Å². The van der Waals surface area contributed by atoms with Crippen LogP contribution in [0, 0.1) is 13.8 Å². The number of unbranched alkanes of at least 4 members (excludes halogenated alkanes) is 2. The Balaban J connectivity index is 1.75. The summed E-state index contributed by atoms with van der Waals surface area (Å²) in [6.45, 7) is 15.6. The summed E-state index contributed by atoms with van der Waals surface area (Å²) in [6.07, 6.45) is 17.6. The number of hydrogen-bond acceptors (Lipinski definition) is 2. The van der Waals surface area contributed by atoms with Gasteiger partial charge in [-0.1, -0.05) is 105 Å². The molecule has 0 heterocycles. The largest absolute Gasteiger partial charge is 0.345 e. The highest BCUT2D eigenvalue weighted by Crippen LogP contribution is 2.41. The van der Waals surface area contributed by atoms with E-state index in [4.69, 9.17) is 0 Å². The smallest absolute Gasteiger partial charge is 0.208 e. The van der Waals surface area contributed by atoms with Gasteiger partial charge >= 0.3 is 0 Å². The van der Waals surface area contributed by atoms with E-state index in [2.05, 4.69) is 154 Å². The lowest BCUT2D eigenvalue weighted by atomic mass is 9.94. The number of rotatable bonds is 14. The molecule has 0 spiro atoms. The molecule has 1 aliphatic carbocycles. The van der Waals surface area contributed by atoms with Gasteiger partial charge in [0.05, 0.1) is 0 Å². The number of thioether (sulfide) groups is 1. The van der Waals surface area contributed by atoms with Crippen molar-refractivity contribution in [3.8, 4) is 0 Å². The van der Waals surface area contributed by atoms with Gasteiger partial charge in [0, 0.05) is 58.8 Å². The maximum Gasteiger partial charge on any atom is 0.208 e. The average molecular weight is 618 g/mol. The first kappa shape index (κ1) is 34.3. The Labute approximate surface area is 278 Å². The van der Waals surface area contributed by atoms with Crippen molar-refractivity contribution in [2.24, 2.45) is 0 Å². The molecule has 3 aromatic carbocycles. The van der Waals surface area contributed by atoms with Gasteiger partial charge in [0.1, 0.15) is 6.54 Å². The first-order valence-electron chi connectivity index (χ1n) is 16.9. The molecular formula is C42H53N2S+. The standard InChI is InChI=1S/C42H53N2S/c1-7-9-31-43(40-25-16-14-19-33(40)3)35(5)27-29-37-21-18-22-38(42(37)45-39-23-12-11-13-24-39)30-28-36(6)44(32-10-8-2)41-26-17-15-20-34(41)4/h11-17,19-20,23-30H,7-10,18,21-22,31-32H2,1-6H3/q+1. The molecule has 0 bridgehead atoms. The van der Waals surface area contributed by atoms with Crippen LogP contribution in [0.15, 0.2) is 130 Å². The van der Waals surface area contributed by atoms with E-state index in [1.54, 1.807) is 0 Å². The summed E-state index contributed by atoms with van der Waals surface area (Å²) in [4.78, 5) is 5.20. The van der Waals surface area contributed by atoms with E-state index in [1.165, 1.54) is 87.0 Å². The quantitative estimate of drug-likeness (QED) is 0.131. The minimum absolute atomic E-state index is 1.03. The zero-order chi connectivity index (χ0) is 32.0. The van der Waals surface area contributed by atoms with Gasteiger partial charge in [-0.15, -0.1) is 0 Å². The number of benzene rings is 3. The van der Waals surface area contributed by atoms with Crippen LogP contribution in [0.5, 0.6) is 0 Å². The molecule has 3 aromatic rings. The summed E-state index contributed by atoms with van der Waals surface area (Å²) >= 11 is 1.92. The lowest BCUT2D eigenvalue weighted by Gasteiger charge is -2.27. The molecule has 0 radical (unpaired) electrons. The molecule has 0 saturated carbocycles. The molecule has 0 aliphatic heterocycles. The van der Waals surface area contributed by atoms with Crippen molar-refractivity contribution in [2.45, 2.75) is 91.4 Å². The number of allylic oxidation sites excluding steroid dienone is 7. The predicted molar refractivity (Wildman–Crippen MR) is 199 cm³/mol. The molecule has 0 N–H and O–H groups in total. The Morgan fingerprint density at radius 2 is 1.51 bits per heavy atom. The van der Waals surface area contributed by atoms with E-state index >= 15 is 0 Å². The number of anilines is 1. The van der Waals surface area contributed by atoms with Crippen molar-refractivity contribution in [1.82, 2.24) is 0 Å². The normalized spacial score (nSPS) is 15.6. The fourth-order valence-electron chi connectivity index (χ4n) is 5.92. The van der Waals surface area contributed by atoms with Crippen molar-refractivity contribution < 1.29 is 4.58 Å². The third-order valence-electron chi connectivity index (χ3n) is 8.62. The number of aryl methyl sites for hydroxylation is 2. The molecule has 45 heavy (non-hydrogen) atoms. The summed E-state index contributed by atoms with van der Waals surface area (Å²) < 4.78 is 2.50. The maximum absolute atomic E-state index is 2.50. The topological polar surface area (TPSA) is 6.25 Å². The van der Waals surface area contributed by atoms with E-state index in [1.807, 2.05) is 11.8 Å². The van der Waals surface area contributed by atoms with E-state index in [-0.39, 0.29) is 0 Å². The molecule has 0 fully saturated rings. The third kappa shape index (κ3) is 9.71. The van der Waals surface area contributed by atoms with Crippen LogP contribution in [0.4, 0.5) is 11.4 Å². The van der Waals surface area contributed by atoms with Crippen molar-refractivity contribution in [3.63, 3.8) is 0 Å². The van der Waals surface area contributed by atoms with Crippen molar-refractivity contribution in [1.29, 1.82) is 0 Å².